The molecule has 2 aromatic rings. The lowest BCUT2D eigenvalue weighted by Gasteiger charge is -2.16. The smallest absolute Gasteiger partial charge is 0.308 e. The van der Waals surface area contributed by atoms with Crippen molar-refractivity contribution in [2.75, 3.05) is 19.8 Å². The second kappa shape index (κ2) is 8.77. The summed E-state index contributed by atoms with van der Waals surface area (Å²) >= 11 is 5.83. The number of nitrogens with zero attached hydrogens (tertiary/aromatic N) is 1. The molecule has 6 nitrogen and oxygen atoms in total. The maximum Gasteiger partial charge on any atom is 0.308 e. The molecule has 0 aromatic heterocycles. The number of benzene rings is 2. The third-order valence-corrected chi connectivity index (χ3v) is 4.52. The molecule has 142 valence electrons. The van der Waals surface area contributed by atoms with Crippen LogP contribution in [0.5, 0.6) is 11.5 Å². The number of aliphatic carboxylic acids is 1. The molecule has 1 atom stereocenters. The molecule has 0 radical (unpaired) electrons. The lowest BCUT2D eigenvalue weighted by Crippen LogP contribution is -2.25. The van der Waals surface area contributed by atoms with E-state index in [1.807, 2.05) is 24.3 Å². The van der Waals surface area contributed by atoms with Crippen molar-refractivity contribution in [1.82, 2.24) is 4.90 Å². The van der Waals surface area contributed by atoms with Gasteiger partial charge in [-0.25, -0.2) is 0 Å². The van der Waals surface area contributed by atoms with Crippen LogP contribution in [0.2, 0.25) is 5.02 Å². The van der Waals surface area contributed by atoms with Crippen molar-refractivity contribution in [3.05, 3.63) is 59.1 Å². The molecule has 2 aromatic carbocycles. The van der Waals surface area contributed by atoms with Gasteiger partial charge in [0.25, 0.3) is 0 Å². The Morgan fingerprint density at radius 2 is 1.81 bits per heavy atom. The van der Waals surface area contributed by atoms with E-state index in [0.29, 0.717) is 30.5 Å². The van der Waals surface area contributed by atoms with E-state index < -0.39 is 11.9 Å². The van der Waals surface area contributed by atoms with Gasteiger partial charge in [0.05, 0.1) is 5.92 Å². The summed E-state index contributed by atoms with van der Waals surface area (Å²) < 4.78 is 11.3. The monoisotopic (exact) mass is 389 g/mol. The Morgan fingerprint density at radius 1 is 1.11 bits per heavy atom. The fraction of sp³-hybridized carbons (Fsp3) is 0.300. The Labute approximate surface area is 162 Å². The average Bonchev–Trinajstić information content (AvgIpc) is 3.02. The normalized spacial score (nSPS) is 16.4. The molecule has 7 heteroatoms. The van der Waals surface area contributed by atoms with Crippen LogP contribution in [0.4, 0.5) is 0 Å². The number of hydrogen-bond donors (Lipinski definition) is 1. The van der Waals surface area contributed by atoms with E-state index in [1.54, 1.807) is 29.2 Å². The van der Waals surface area contributed by atoms with Crippen molar-refractivity contribution in [1.29, 1.82) is 0 Å². The molecule has 1 N–H and O–H groups in total. The number of rotatable bonds is 8. The zero-order valence-electron chi connectivity index (χ0n) is 14.6. The number of carbonyl (C=O) groups excluding carboxylic acids is 1. The zero-order chi connectivity index (χ0) is 19.2. The van der Waals surface area contributed by atoms with Gasteiger partial charge >= 0.3 is 5.97 Å². The highest BCUT2D eigenvalue weighted by Gasteiger charge is 2.34. The zero-order valence-corrected chi connectivity index (χ0v) is 15.4. The Kier molecular flexibility index (Phi) is 6.19. The van der Waals surface area contributed by atoms with Crippen LogP contribution in [0.3, 0.4) is 0 Å². The SMILES string of the molecule is O=C(O)C1CC(=O)N(Cc2cccc(OCCOc3ccc(Cl)cc3)c2)C1. The van der Waals surface area contributed by atoms with Gasteiger partial charge in [-0.05, 0) is 42.0 Å². The van der Waals surface area contributed by atoms with E-state index in [1.165, 1.54) is 0 Å². The van der Waals surface area contributed by atoms with Gasteiger partial charge in [0, 0.05) is 24.5 Å². The van der Waals surface area contributed by atoms with Crippen molar-refractivity contribution in [3.8, 4) is 11.5 Å². The van der Waals surface area contributed by atoms with Gasteiger partial charge in [-0.2, -0.15) is 0 Å². The summed E-state index contributed by atoms with van der Waals surface area (Å²) in [4.78, 5) is 24.6. The maximum atomic E-state index is 12.0. The summed E-state index contributed by atoms with van der Waals surface area (Å²) in [6.07, 6.45) is 0.0631. The van der Waals surface area contributed by atoms with E-state index in [0.717, 1.165) is 11.3 Å². The third kappa shape index (κ3) is 5.37. The Morgan fingerprint density at radius 3 is 2.48 bits per heavy atom. The molecular formula is C20H20ClNO5. The second-order valence-electron chi connectivity index (χ2n) is 6.31. The second-order valence-corrected chi connectivity index (χ2v) is 6.75. The molecule has 0 spiro atoms. The van der Waals surface area contributed by atoms with Crippen molar-refractivity contribution in [2.45, 2.75) is 13.0 Å². The predicted molar refractivity (Wildman–Crippen MR) is 100 cm³/mol. The topological polar surface area (TPSA) is 76.1 Å². The molecule has 1 aliphatic rings. The number of likely N-dealkylation sites (tertiary alicyclic amines) is 1. The number of hydrogen-bond acceptors (Lipinski definition) is 4. The minimum atomic E-state index is -0.927. The Balaban J connectivity index is 1.48. The van der Waals surface area contributed by atoms with Crippen LogP contribution in [0, 0.1) is 5.92 Å². The molecule has 27 heavy (non-hydrogen) atoms. The summed E-state index contributed by atoms with van der Waals surface area (Å²) in [6.45, 7) is 1.38. The van der Waals surface area contributed by atoms with Crippen LogP contribution >= 0.6 is 11.6 Å². The number of carboxylic acids is 1. The first kappa shape index (κ1) is 19.0. The molecule has 1 heterocycles. The lowest BCUT2D eigenvalue weighted by molar-refractivity contribution is -0.141. The van der Waals surface area contributed by atoms with Crippen LogP contribution < -0.4 is 9.47 Å². The van der Waals surface area contributed by atoms with Crippen LogP contribution in [-0.2, 0) is 16.1 Å². The summed E-state index contributed by atoms with van der Waals surface area (Å²) in [6, 6.07) is 14.5. The molecule has 1 unspecified atom stereocenters. The molecule has 3 rings (SSSR count). The van der Waals surface area contributed by atoms with E-state index in [4.69, 9.17) is 26.2 Å². The number of carbonyl (C=O) groups is 2. The van der Waals surface area contributed by atoms with Gasteiger partial charge in [-0.3, -0.25) is 9.59 Å². The fourth-order valence-corrected chi connectivity index (χ4v) is 3.02. The lowest BCUT2D eigenvalue weighted by atomic mass is 10.1. The van der Waals surface area contributed by atoms with E-state index in [2.05, 4.69) is 0 Å². The van der Waals surface area contributed by atoms with Gasteiger partial charge in [-0.15, -0.1) is 0 Å². The van der Waals surface area contributed by atoms with Crippen LogP contribution in [0.15, 0.2) is 48.5 Å². The fourth-order valence-electron chi connectivity index (χ4n) is 2.89. The summed E-state index contributed by atoms with van der Waals surface area (Å²) in [5, 5.41) is 9.71. The van der Waals surface area contributed by atoms with E-state index >= 15 is 0 Å². The van der Waals surface area contributed by atoms with E-state index in [-0.39, 0.29) is 18.9 Å². The quantitative estimate of drug-likeness (QED) is 0.701. The number of amides is 1. The average molecular weight is 390 g/mol. The van der Waals surface area contributed by atoms with Gasteiger partial charge in [0.2, 0.25) is 5.91 Å². The number of halogens is 1. The highest BCUT2D eigenvalue weighted by molar-refractivity contribution is 6.30. The molecule has 1 saturated heterocycles. The van der Waals surface area contributed by atoms with Gasteiger partial charge in [0.15, 0.2) is 0 Å². The minimum Gasteiger partial charge on any atom is -0.490 e. The maximum absolute atomic E-state index is 12.0. The third-order valence-electron chi connectivity index (χ3n) is 4.27. The molecular weight excluding hydrogens is 370 g/mol. The highest BCUT2D eigenvalue weighted by Crippen LogP contribution is 2.22. The molecule has 0 aliphatic carbocycles. The number of carboxylic acid groups (broad SMARTS) is 1. The summed E-state index contributed by atoms with van der Waals surface area (Å²) in [5.74, 6) is -0.290. The molecule has 1 aliphatic heterocycles. The summed E-state index contributed by atoms with van der Waals surface area (Å²) in [5.41, 5.74) is 0.894. The Hall–Kier alpha value is -2.73. The minimum absolute atomic E-state index is 0.0631. The Bertz CT molecular complexity index is 808. The molecule has 1 fully saturated rings. The first-order valence-corrected chi connectivity index (χ1v) is 9.00. The van der Waals surface area contributed by atoms with Crippen molar-refractivity contribution in [2.24, 2.45) is 5.92 Å². The molecule has 0 bridgehead atoms. The van der Waals surface area contributed by atoms with E-state index in [9.17, 15) is 9.59 Å². The van der Waals surface area contributed by atoms with Crippen LogP contribution in [0.1, 0.15) is 12.0 Å². The first-order valence-electron chi connectivity index (χ1n) is 8.62. The van der Waals surface area contributed by atoms with Crippen molar-refractivity contribution < 1.29 is 24.2 Å². The summed E-state index contributed by atoms with van der Waals surface area (Å²) in [7, 11) is 0. The predicted octanol–water partition coefficient (Wildman–Crippen LogP) is 3.23. The van der Waals surface area contributed by atoms with Crippen molar-refractivity contribution >= 4 is 23.5 Å². The van der Waals surface area contributed by atoms with Gasteiger partial charge in [0.1, 0.15) is 24.7 Å². The molecule has 1 amide bonds. The first-order chi connectivity index (χ1) is 13.0. The standard InChI is InChI=1S/C20H20ClNO5/c21-16-4-6-17(7-5-16)26-8-9-27-18-3-1-2-14(10-18)12-22-13-15(20(24)25)11-19(22)23/h1-7,10,15H,8-9,11-13H2,(H,24,25). The number of ether oxygens (including phenoxy) is 2. The van der Waals surface area contributed by atoms with Crippen LogP contribution in [0.25, 0.3) is 0 Å². The van der Waals surface area contributed by atoms with Crippen LogP contribution in [-0.4, -0.2) is 41.6 Å². The van der Waals surface area contributed by atoms with Gasteiger partial charge in [-0.1, -0.05) is 23.7 Å². The largest absolute Gasteiger partial charge is 0.490 e. The van der Waals surface area contributed by atoms with Crippen molar-refractivity contribution in [3.63, 3.8) is 0 Å². The molecule has 0 saturated carbocycles. The van der Waals surface area contributed by atoms with Gasteiger partial charge < -0.3 is 19.5 Å². The highest BCUT2D eigenvalue weighted by atomic mass is 35.5.